The van der Waals surface area contributed by atoms with Gasteiger partial charge in [0.2, 0.25) is 11.9 Å². The largest absolute Gasteiger partial charge is 0.368 e. The van der Waals surface area contributed by atoms with Gasteiger partial charge in [-0.05, 0) is 0 Å². The van der Waals surface area contributed by atoms with E-state index in [0.29, 0.717) is 18.4 Å². The third-order valence-corrected chi connectivity index (χ3v) is 3.71. The Morgan fingerprint density at radius 3 is 3.00 bits per heavy atom. The average molecular weight is 303 g/mol. The van der Waals surface area contributed by atoms with Gasteiger partial charge in [-0.25, -0.2) is 9.97 Å². The Bertz CT molecular complexity index is 695. The Hall–Kier alpha value is -2.62. The van der Waals surface area contributed by atoms with Gasteiger partial charge in [-0.15, -0.1) is 11.3 Å². The SMILES string of the molecule is CC(CNc1nc(N)nc(-n2cncn2)n1)c1nccs1. The summed E-state index contributed by atoms with van der Waals surface area (Å²) in [5, 5.41) is 10.1. The number of hydrogen-bond acceptors (Lipinski definition) is 9. The van der Waals surface area contributed by atoms with Gasteiger partial charge in [-0.2, -0.15) is 24.7 Å². The Morgan fingerprint density at radius 1 is 1.38 bits per heavy atom. The van der Waals surface area contributed by atoms with Crippen LogP contribution in [0.3, 0.4) is 0 Å². The molecule has 3 heterocycles. The van der Waals surface area contributed by atoms with E-state index in [1.807, 2.05) is 5.38 Å². The molecule has 0 aliphatic carbocycles. The van der Waals surface area contributed by atoms with E-state index in [1.54, 1.807) is 17.5 Å². The zero-order valence-corrected chi connectivity index (χ0v) is 12.0. The van der Waals surface area contributed by atoms with Crippen molar-refractivity contribution >= 4 is 23.2 Å². The average Bonchev–Trinajstić information content (AvgIpc) is 3.16. The van der Waals surface area contributed by atoms with Gasteiger partial charge < -0.3 is 11.1 Å². The Labute approximate surface area is 124 Å². The number of nitrogens with two attached hydrogens (primary N) is 1. The summed E-state index contributed by atoms with van der Waals surface area (Å²) in [5.74, 6) is 1.10. The van der Waals surface area contributed by atoms with E-state index in [-0.39, 0.29) is 11.9 Å². The monoisotopic (exact) mass is 303 g/mol. The first-order chi connectivity index (χ1) is 10.2. The molecule has 3 N–H and O–H groups in total. The van der Waals surface area contributed by atoms with Gasteiger partial charge in [-0.3, -0.25) is 0 Å². The molecule has 1 unspecified atom stereocenters. The van der Waals surface area contributed by atoms with Crippen LogP contribution in [0.2, 0.25) is 0 Å². The summed E-state index contributed by atoms with van der Waals surface area (Å²) in [7, 11) is 0. The highest BCUT2D eigenvalue weighted by atomic mass is 32.1. The molecular weight excluding hydrogens is 290 g/mol. The van der Waals surface area contributed by atoms with Crippen molar-refractivity contribution in [2.45, 2.75) is 12.8 Å². The molecule has 0 aliphatic heterocycles. The molecule has 0 aliphatic rings. The van der Waals surface area contributed by atoms with Crippen LogP contribution in [0, 0.1) is 0 Å². The summed E-state index contributed by atoms with van der Waals surface area (Å²) < 4.78 is 1.42. The van der Waals surface area contributed by atoms with Crippen molar-refractivity contribution in [1.29, 1.82) is 0 Å². The fourth-order valence-electron chi connectivity index (χ4n) is 1.68. The van der Waals surface area contributed by atoms with E-state index in [9.17, 15) is 0 Å². The standard InChI is InChI=1S/C11H13N9S/c1-7(8-14-2-3-21-8)4-15-10-17-9(12)18-11(19-10)20-6-13-5-16-20/h2-3,5-7H,4H2,1H3,(H3,12,15,17,18,19). The van der Waals surface area contributed by atoms with Gasteiger partial charge in [-0.1, -0.05) is 6.92 Å². The lowest BCUT2D eigenvalue weighted by Crippen LogP contribution is -2.15. The first-order valence-electron chi connectivity index (χ1n) is 6.22. The van der Waals surface area contributed by atoms with Crippen molar-refractivity contribution in [3.63, 3.8) is 0 Å². The van der Waals surface area contributed by atoms with Crippen molar-refractivity contribution in [3.8, 4) is 5.95 Å². The second-order valence-electron chi connectivity index (χ2n) is 4.31. The number of hydrogen-bond donors (Lipinski definition) is 2. The minimum Gasteiger partial charge on any atom is -0.368 e. The molecule has 0 aromatic carbocycles. The van der Waals surface area contributed by atoms with Crippen LogP contribution in [0.1, 0.15) is 17.8 Å². The van der Waals surface area contributed by atoms with E-state index >= 15 is 0 Å². The molecule has 3 aromatic rings. The number of rotatable bonds is 5. The lowest BCUT2D eigenvalue weighted by Gasteiger charge is -2.10. The molecule has 0 saturated heterocycles. The Morgan fingerprint density at radius 2 is 2.29 bits per heavy atom. The molecule has 0 radical (unpaired) electrons. The molecule has 0 amide bonds. The normalized spacial score (nSPS) is 12.2. The molecule has 0 bridgehead atoms. The summed E-state index contributed by atoms with van der Waals surface area (Å²) >= 11 is 1.62. The predicted molar refractivity (Wildman–Crippen MR) is 78.2 cm³/mol. The third kappa shape index (κ3) is 3.11. The lowest BCUT2D eigenvalue weighted by molar-refractivity contribution is 0.771. The first-order valence-corrected chi connectivity index (χ1v) is 7.10. The summed E-state index contributed by atoms with van der Waals surface area (Å²) in [4.78, 5) is 20.5. The molecule has 108 valence electrons. The number of anilines is 2. The van der Waals surface area contributed by atoms with Crippen molar-refractivity contribution in [1.82, 2.24) is 34.7 Å². The highest BCUT2D eigenvalue weighted by molar-refractivity contribution is 7.09. The molecule has 9 nitrogen and oxygen atoms in total. The summed E-state index contributed by atoms with van der Waals surface area (Å²) in [6.07, 6.45) is 4.69. The van der Waals surface area contributed by atoms with Crippen LogP contribution in [-0.2, 0) is 0 Å². The minimum atomic E-state index is 0.125. The van der Waals surface area contributed by atoms with Crippen LogP contribution >= 0.6 is 11.3 Å². The zero-order chi connectivity index (χ0) is 14.7. The Balaban J connectivity index is 1.74. The number of nitrogens with zero attached hydrogens (tertiary/aromatic N) is 7. The minimum absolute atomic E-state index is 0.125. The maximum Gasteiger partial charge on any atom is 0.258 e. The predicted octanol–water partition coefficient (Wildman–Crippen LogP) is 0.707. The molecule has 10 heteroatoms. The fraction of sp³-hybridized carbons (Fsp3) is 0.273. The van der Waals surface area contributed by atoms with E-state index in [0.717, 1.165) is 5.01 Å². The zero-order valence-electron chi connectivity index (χ0n) is 11.2. The second-order valence-corrected chi connectivity index (χ2v) is 5.24. The lowest BCUT2D eigenvalue weighted by atomic mass is 10.2. The molecule has 0 spiro atoms. The fourth-order valence-corrected chi connectivity index (χ4v) is 2.38. The topological polar surface area (TPSA) is 120 Å². The Kier molecular flexibility index (Phi) is 3.69. The van der Waals surface area contributed by atoms with E-state index in [4.69, 9.17) is 5.73 Å². The highest BCUT2D eigenvalue weighted by Crippen LogP contribution is 2.17. The van der Waals surface area contributed by atoms with Gasteiger partial charge in [0.25, 0.3) is 5.95 Å². The van der Waals surface area contributed by atoms with E-state index in [2.05, 4.69) is 42.3 Å². The van der Waals surface area contributed by atoms with Crippen molar-refractivity contribution in [3.05, 3.63) is 29.2 Å². The van der Waals surface area contributed by atoms with Gasteiger partial charge in [0, 0.05) is 24.0 Å². The molecule has 0 saturated carbocycles. The van der Waals surface area contributed by atoms with E-state index < -0.39 is 0 Å². The highest BCUT2D eigenvalue weighted by Gasteiger charge is 2.11. The maximum atomic E-state index is 5.69. The van der Waals surface area contributed by atoms with Crippen LogP contribution < -0.4 is 11.1 Å². The quantitative estimate of drug-likeness (QED) is 0.707. The molecule has 0 fully saturated rings. The number of nitrogen functional groups attached to an aromatic ring is 1. The molecule has 1 atom stereocenters. The van der Waals surface area contributed by atoms with Gasteiger partial charge in [0.15, 0.2) is 0 Å². The van der Waals surface area contributed by atoms with Crippen LogP contribution in [0.25, 0.3) is 5.95 Å². The number of aromatic nitrogens is 7. The first kappa shape index (κ1) is 13.4. The van der Waals surface area contributed by atoms with Crippen molar-refractivity contribution in [2.75, 3.05) is 17.6 Å². The summed E-state index contributed by atoms with van der Waals surface area (Å²) in [5.41, 5.74) is 5.69. The number of nitrogens with one attached hydrogen (secondary N) is 1. The number of thiazole rings is 1. The molecule has 3 aromatic heterocycles. The van der Waals surface area contributed by atoms with Crippen molar-refractivity contribution in [2.24, 2.45) is 0 Å². The van der Waals surface area contributed by atoms with E-state index in [1.165, 1.54) is 17.3 Å². The molecular formula is C11H13N9S. The third-order valence-electron chi connectivity index (χ3n) is 2.70. The maximum absolute atomic E-state index is 5.69. The van der Waals surface area contributed by atoms with Crippen LogP contribution in [-0.4, -0.2) is 41.2 Å². The molecule has 21 heavy (non-hydrogen) atoms. The van der Waals surface area contributed by atoms with Gasteiger partial charge >= 0.3 is 0 Å². The molecule has 3 rings (SSSR count). The second kappa shape index (κ2) is 5.79. The van der Waals surface area contributed by atoms with Gasteiger partial charge in [0.05, 0.1) is 5.01 Å². The van der Waals surface area contributed by atoms with Gasteiger partial charge in [0.1, 0.15) is 12.7 Å². The van der Waals surface area contributed by atoms with Crippen LogP contribution in [0.15, 0.2) is 24.2 Å². The smallest absolute Gasteiger partial charge is 0.258 e. The van der Waals surface area contributed by atoms with Crippen molar-refractivity contribution < 1.29 is 0 Å². The summed E-state index contributed by atoms with van der Waals surface area (Å²) in [6.45, 7) is 2.72. The van der Waals surface area contributed by atoms with Crippen LogP contribution in [0.5, 0.6) is 0 Å². The summed E-state index contributed by atoms with van der Waals surface area (Å²) in [6, 6.07) is 0. The van der Waals surface area contributed by atoms with Crippen LogP contribution in [0.4, 0.5) is 11.9 Å².